The van der Waals surface area contributed by atoms with Crippen LogP contribution in [0.4, 0.5) is 5.69 Å². The minimum absolute atomic E-state index is 0.161. The highest BCUT2D eigenvalue weighted by Gasteiger charge is 2.50. The lowest BCUT2D eigenvalue weighted by molar-refractivity contribution is -0.134. The molecule has 6 heteroatoms. The summed E-state index contributed by atoms with van der Waals surface area (Å²) in [5.41, 5.74) is 2.27. The van der Waals surface area contributed by atoms with Gasteiger partial charge in [0.15, 0.2) is 0 Å². The number of rotatable bonds is 5. The third-order valence-corrected chi connectivity index (χ3v) is 8.03. The normalized spacial score (nSPS) is 34.8. The third-order valence-electron chi connectivity index (χ3n) is 8.03. The molecular formula is C24H35N3O3. The van der Waals surface area contributed by atoms with Gasteiger partial charge in [0.05, 0.1) is 18.6 Å². The van der Waals surface area contributed by atoms with E-state index in [2.05, 4.69) is 39.4 Å². The van der Waals surface area contributed by atoms with Gasteiger partial charge in [0, 0.05) is 57.0 Å². The maximum atomic E-state index is 12.7. The molecule has 0 bridgehead atoms. The minimum atomic E-state index is -0.273. The lowest BCUT2D eigenvalue weighted by Gasteiger charge is -2.39. The molecule has 1 aromatic carbocycles. The second-order valence-electron chi connectivity index (χ2n) is 9.51. The van der Waals surface area contributed by atoms with Crippen LogP contribution in [-0.2, 0) is 14.3 Å². The zero-order valence-corrected chi connectivity index (χ0v) is 18.1. The quantitative estimate of drug-likeness (QED) is 0.803. The van der Waals surface area contributed by atoms with E-state index in [-0.39, 0.29) is 17.2 Å². The van der Waals surface area contributed by atoms with Gasteiger partial charge in [-0.15, -0.1) is 0 Å². The van der Waals surface area contributed by atoms with Gasteiger partial charge >= 0.3 is 0 Å². The van der Waals surface area contributed by atoms with Crippen molar-refractivity contribution in [2.45, 2.75) is 50.1 Å². The summed E-state index contributed by atoms with van der Waals surface area (Å²) in [6.45, 7) is 6.40. The molecule has 6 nitrogen and oxygen atoms in total. The van der Waals surface area contributed by atoms with Gasteiger partial charge in [-0.2, -0.15) is 0 Å². The first-order chi connectivity index (χ1) is 14.7. The van der Waals surface area contributed by atoms with Gasteiger partial charge in [0.25, 0.3) is 0 Å². The molecule has 0 radical (unpaired) electrons. The standard InChI is InChI=1S/C24H35N3O3/c1-29-16-21-3-2-12-27(21)20-8-13-26(15-20)19-6-4-18(5-7-19)22-17-30-14-10-24(22)9-11-25-23(24)28/h4-7,20-22H,2-3,8-17H2,1H3,(H,25,28). The molecule has 1 N–H and O–H groups in total. The average Bonchev–Trinajstić information content (AvgIpc) is 3.50. The Morgan fingerprint density at radius 1 is 1.20 bits per heavy atom. The van der Waals surface area contributed by atoms with E-state index >= 15 is 0 Å². The first-order valence-electron chi connectivity index (χ1n) is 11.7. The monoisotopic (exact) mass is 413 g/mol. The molecule has 30 heavy (non-hydrogen) atoms. The van der Waals surface area contributed by atoms with Gasteiger partial charge in [-0.05, 0) is 56.3 Å². The maximum absolute atomic E-state index is 12.7. The lowest BCUT2D eigenvalue weighted by atomic mass is 9.68. The Morgan fingerprint density at radius 3 is 2.83 bits per heavy atom. The number of nitrogens with one attached hydrogen (secondary N) is 1. The van der Waals surface area contributed by atoms with Crippen LogP contribution in [0.1, 0.15) is 43.6 Å². The summed E-state index contributed by atoms with van der Waals surface area (Å²) in [6, 6.07) is 10.2. The summed E-state index contributed by atoms with van der Waals surface area (Å²) in [5, 5.41) is 3.06. The molecule has 1 amide bonds. The van der Waals surface area contributed by atoms with Crippen LogP contribution in [0.2, 0.25) is 0 Å². The fourth-order valence-electron chi connectivity index (χ4n) is 6.34. The highest BCUT2D eigenvalue weighted by atomic mass is 16.5. The zero-order chi connectivity index (χ0) is 20.6. The number of hydrogen-bond acceptors (Lipinski definition) is 5. The van der Waals surface area contributed by atoms with Gasteiger partial charge in [-0.3, -0.25) is 9.69 Å². The summed E-state index contributed by atoms with van der Waals surface area (Å²) in [7, 11) is 1.82. The van der Waals surface area contributed by atoms with E-state index < -0.39 is 0 Å². The van der Waals surface area contributed by atoms with Crippen LogP contribution >= 0.6 is 0 Å². The average molecular weight is 414 g/mol. The Labute approximate surface area is 179 Å². The molecule has 4 unspecified atom stereocenters. The topological polar surface area (TPSA) is 54.0 Å². The van der Waals surface area contributed by atoms with Crippen molar-refractivity contribution >= 4 is 11.6 Å². The predicted octanol–water partition coefficient (Wildman–Crippen LogP) is 2.39. The van der Waals surface area contributed by atoms with E-state index in [1.165, 1.54) is 37.1 Å². The zero-order valence-electron chi connectivity index (χ0n) is 18.1. The van der Waals surface area contributed by atoms with Crippen LogP contribution in [-0.4, -0.2) is 76.0 Å². The van der Waals surface area contributed by atoms with Crippen LogP contribution in [0.25, 0.3) is 0 Å². The molecule has 0 saturated carbocycles. The number of hydrogen-bond donors (Lipinski definition) is 1. The SMILES string of the molecule is COCC1CCCN1C1CCN(c2ccc(C3COCCC34CCNC4=O)cc2)C1. The number of carbonyl (C=O) groups excluding carboxylic acids is 1. The molecule has 4 atom stereocenters. The van der Waals surface area contributed by atoms with Gasteiger partial charge in [-0.1, -0.05) is 12.1 Å². The molecule has 0 aromatic heterocycles. The molecular weight excluding hydrogens is 378 g/mol. The van der Waals surface area contributed by atoms with Crippen molar-refractivity contribution in [3.05, 3.63) is 29.8 Å². The van der Waals surface area contributed by atoms with Crippen molar-refractivity contribution in [3.8, 4) is 0 Å². The number of ether oxygens (including phenoxy) is 2. The molecule has 4 aliphatic heterocycles. The van der Waals surface area contributed by atoms with E-state index in [1.807, 2.05) is 7.11 Å². The first-order valence-corrected chi connectivity index (χ1v) is 11.7. The van der Waals surface area contributed by atoms with Crippen LogP contribution in [0.15, 0.2) is 24.3 Å². The molecule has 164 valence electrons. The van der Waals surface area contributed by atoms with E-state index in [0.717, 1.165) is 39.1 Å². The fraction of sp³-hybridized carbons (Fsp3) is 0.708. The van der Waals surface area contributed by atoms with Crippen molar-refractivity contribution in [3.63, 3.8) is 0 Å². The molecule has 4 aliphatic rings. The summed E-state index contributed by atoms with van der Waals surface area (Å²) in [4.78, 5) is 17.9. The molecule has 5 rings (SSSR count). The van der Waals surface area contributed by atoms with Gasteiger partial charge in [0.2, 0.25) is 5.91 Å². The fourth-order valence-corrected chi connectivity index (χ4v) is 6.34. The Balaban J connectivity index is 1.27. The van der Waals surface area contributed by atoms with E-state index in [0.29, 0.717) is 25.3 Å². The maximum Gasteiger partial charge on any atom is 0.227 e. The minimum Gasteiger partial charge on any atom is -0.383 e. The van der Waals surface area contributed by atoms with Crippen molar-refractivity contribution < 1.29 is 14.3 Å². The van der Waals surface area contributed by atoms with Crippen LogP contribution < -0.4 is 10.2 Å². The van der Waals surface area contributed by atoms with Crippen molar-refractivity contribution in [1.29, 1.82) is 0 Å². The third kappa shape index (κ3) is 3.53. The summed E-state index contributed by atoms with van der Waals surface area (Å²) < 4.78 is 11.2. The number of carbonyl (C=O) groups is 1. The highest BCUT2D eigenvalue weighted by Crippen LogP contribution is 2.47. The van der Waals surface area contributed by atoms with E-state index in [1.54, 1.807) is 0 Å². The van der Waals surface area contributed by atoms with Crippen molar-refractivity contribution in [1.82, 2.24) is 10.2 Å². The largest absolute Gasteiger partial charge is 0.383 e. The summed E-state index contributed by atoms with van der Waals surface area (Å²) in [6.07, 6.45) is 5.53. The Bertz CT molecular complexity index is 755. The van der Waals surface area contributed by atoms with E-state index in [9.17, 15) is 4.79 Å². The predicted molar refractivity (Wildman–Crippen MR) is 117 cm³/mol. The second kappa shape index (κ2) is 8.48. The van der Waals surface area contributed by atoms with Gasteiger partial charge < -0.3 is 19.7 Å². The summed E-state index contributed by atoms with van der Waals surface area (Å²) in [5.74, 6) is 0.381. The molecule has 4 saturated heterocycles. The number of methoxy groups -OCH3 is 1. The smallest absolute Gasteiger partial charge is 0.227 e. The van der Waals surface area contributed by atoms with E-state index in [4.69, 9.17) is 9.47 Å². The molecule has 4 fully saturated rings. The van der Waals surface area contributed by atoms with Crippen LogP contribution in [0.5, 0.6) is 0 Å². The number of amides is 1. The molecule has 1 spiro atoms. The van der Waals surface area contributed by atoms with Crippen molar-refractivity contribution in [2.75, 3.05) is 58.0 Å². The lowest BCUT2D eigenvalue weighted by Crippen LogP contribution is -2.43. The first kappa shape index (κ1) is 20.3. The number of benzene rings is 1. The Kier molecular flexibility index (Phi) is 5.73. The van der Waals surface area contributed by atoms with Gasteiger partial charge in [-0.25, -0.2) is 0 Å². The molecule has 1 aromatic rings. The second-order valence-corrected chi connectivity index (χ2v) is 9.51. The number of nitrogens with zero attached hydrogens (tertiary/aromatic N) is 2. The Hall–Kier alpha value is -1.63. The van der Waals surface area contributed by atoms with Crippen molar-refractivity contribution in [2.24, 2.45) is 5.41 Å². The van der Waals surface area contributed by atoms with Gasteiger partial charge in [0.1, 0.15) is 0 Å². The summed E-state index contributed by atoms with van der Waals surface area (Å²) >= 11 is 0. The van der Waals surface area contributed by atoms with Crippen LogP contribution in [0, 0.1) is 5.41 Å². The molecule has 0 aliphatic carbocycles. The number of likely N-dealkylation sites (tertiary alicyclic amines) is 1. The highest BCUT2D eigenvalue weighted by molar-refractivity contribution is 5.86. The Morgan fingerprint density at radius 2 is 2.07 bits per heavy atom. The number of anilines is 1. The van der Waals surface area contributed by atoms with Crippen LogP contribution in [0.3, 0.4) is 0 Å². The molecule has 4 heterocycles.